The van der Waals surface area contributed by atoms with Crippen LogP contribution in [0.4, 0.5) is 17.3 Å². The summed E-state index contributed by atoms with van der Waals surface area (Å²) in [6.07, 6.45) is 5.14. The van der Waals surface area contributed by atoms with E-state index in [2.05, 4.69) is 25.6 Å². The Bertz CT molecular complexity index is 1770. The van der Waals surface area contributed by atoms with Crippen molar-refractivity contribution in [2.45, 2.75) is 13.5 Å². The van der Waals surface area contributed by atoms with Crippen LogP contribution in [0.3, 0.4) is 0 Å². The Morgan fingerprint density at radius 1 is 0.854 bits per heavy atom. The van der Waals surface area contributed by atoms with E-state index in [-0.39, 0.29) is 24.3 Å². The minimum Gasteiger partial charge on any atom is -0.324 e. The molecule has 1 aliphatic rings. The standard InChI is InChI=1S/C32H24N6O3/c1-20-16-24(11-12-27(20)36-32-34-15-13-28(37-32)23-8-5-14-33-18-23)35-29(39)22-7-4-6-21(17-22)19-38-30(40)25-9-2-3-10-26(25)31(38)41/h2-18H,19H2,1H3,(H,35,39)(H,34,36,37). The zero-order valence-corrected chi connectivity index (χ0v) is 22.0. The van der Waals surface area contributed by atoms with Crippen LogP contribution in [0.15, 0.2) is 104 Å². The molecule has 3 aromatic carbocycles. The first-order valence-corrected chi connectivity index (χ1v) is 12.9. The molecule has 0 aliphatic carbocycles. The Hall–Kier alpha value is -5.70. The highest BCUT2D eigenvalue weighted by molar-refractivity contribution is 6.21. The number of hydrogen-bond acceptors (Lipinski definition) is 7. The van der Waals surface area contributed by atoms with Crippen LogP contribution in [0.25, 0.3) is 11.3 Å². The topological polar surface area (TPSA) is 117 Å². The monoisotopic (exact) mass is 540 g/mol. The van der Waals surface area contributed by atoms with E-state index in [1.807, 2.05) is 37.3 Å². The molecule has 41 heavy (non-hydrogen) atoms. The van der Waals surface area contributed by atoms with Gasteiger partial charge in [0.05, 0.1) is 23.4 Å². The van der Waals surface area contributed by atoms with Gasteiger partial charge in [-0.2, -0.15) is 0 Å². The smallest absolute Gasteiger partial charge is 0.261 e. The van der Waals surface area contributed by atoms with Gasteiger partial charge in [-0.25, -0.2) is 9.97 Å². The normalized spacial score (nSPS) is 12.3. The number of nitrogens with one attached hydrogen (secondary N) is 2. The Kier molecular flexibility index (Phi) is 6.75. The number of carbonyl (C=O) groups is 3. The third-order valence-electron chi connectivity index (χ3n) is 6.75. The van der Waals surface area contributed by atoms with Crippen LogP contribution < -0.4 is 10.6 Å². The lowest BCUT2D eigenvalue weighted by Gasteiger charge is -2.15. The van der Waals surface area contributed by atoms with Gasteiger partial charge in [0.15, 0.2) is 0 Å². The number of fused-ring (bicyclic) bond motifs is 1. The molecule has 2 aromatic heterocycles. The first-order valence-electron chi connectivity index (χ1n) is 12.9. The van der Waals surface area contributed by atoms with Crippen molar-refractivity contribution in [2.24, 2.45) is 0 Å². The highest BCUT2D eigenvalue weighted by Crippen LogP contribution is 2.26. The number of carbonyl (C=O) groups excluding carboxylic acids is 3. The molecule has 9 heteroatoms. The van der Waals surface area contributed by atoms with E-state index in [0.29, 0.717) is 33.9 Å². The minimum atomic E-state index is -0.334. The van der Waals surface area contributed by atoms with Gasteiger partial charge in [-0.1, -0.05) is 24.3 Å². The van der Waals surface area contributed by atoms with Crippen molar-refractivity contribution < 1.29 is 14.4 Å². The van der Waals surface area contributed by atoms with Crippen LogP contribution in [-0.2, 0) is 6.54 Å². The maximum atomic E-state index is 13.1. The molecular formula is C32H24N6O3. The second-order valence-electron chi connectivity index (χ2n) is 9.56. The summed E-state index contributed by atoms with van der Waals surface area (Å²) in [5.74, 6) is -0.527. The third kappa shape index (κ3) is 5.28. The van der Waals surface area contributed by atoms with Crippen LogP contribution in [0.5, 0.6) is 0 Å². The highest BCUT2D eigenvalue weighted by atomic mass is 16.2. The Balaban J connectivity index is 1.13. The maximum absolute atomic E-state index is 13.1. The van der Waals surface area contributed by atoms with Gasteiger partial charge in [-0.15, -0.1) is 0 Å². The average Bonchev–Trinajstić information content (AvgIpc) is 3.24. The number of pyridine rings is 1. The summed E-state index contributed by atoms with van der Waals surface area (Å²) in [7, 11) is 0. The first kappa shape index (κ1) is 25.6. The second-order valence-corrected chi connectivity index (χ2v) is 9.56. The van der Waals surface area contributed by atoms with Crippen LogP contribution in [0, 0.1) is 6.92 Å². The van der Waals surface area contributed by atoms with Gasteiger partial charge in [0.1, 0.15) is 0 Å². The molecule has 200 valence electrons. The largest absolute Gasteiger partial charge is 0.324 e. The van der Waals surface area contributed by atoms with Crippen molar-refractivity contribution in [1.82, 2.24) is 19.9 Å². The number of hydrogen-bond donors (Lipinski definition) is 2. The van der Waals surface area contributed by atoms with Gasteiger partial charge in [-0.05, 0) is 78.7 Å². The van der Waals surface area contributed by atoms with Crippen molar-refractivity contribution in [3.05, 3.63) is 131 Å². The molecular weight excluding hydrogens is 516 g/mol. The van der Waals surface area contributed by atoms with E-state index in [9.17, 15) is 14.4 Å². The lowest BCUT2D eigenvalue weighted by molar-refractivity contribution is 0.0642. The van der Waals surface area contributed by atoms with E-state index in [4.69, 9.17) is 0 Å². The summed E-state index contributed by atoms with van der Waals surface area (Å²) >= 11 is 0. The number of benzene rings is 3. The summed E-state index contributed by atoms with van der Waals surface area (Å²) in [5, 5.41) is 6.16. The zero-order valence-electron chi connectivity index (χ0n) is 22.0. The molecule has 0 fully saturated rings. The van der Waals surface area contributed by atoms with Crippen LogP contribution in [0.2, 0.25) is 0 Å². The molecule has 6 rings (SSSR count). The molecule has 0 spiro atoms. The highest BCUT2D eigenvalue weighted by Gasteiger charge is 2.35. The maximum Gasteiger partial charge on any atom is 0.261 e. The molecule has 0 bridgehead atoms. The SMILES string of the molecule is Cc1cc(NC(=O)c2cccc(CN3C(=O)c4ccccc4C3=O)c2)ccc1Nc1nccc(-c2cccnc2)n1. The van der Waals surface area contributed by atoms with Crippen LogP contribution in [-0.4, -0.2) is 37.6 Å². The fraction of sp³-hybridized carbons (Fsp3) is 0.0625. The number of amides is 3. The lowest BCUT2D eigenvalue weighted by atomic mass is 10.1. The Labute approximate surface area is 235 Å². The molecule has 0 atom stereocenters. The van der Waals surface area contributed by atoms with Gasteiger partial charge >= 0.3 is 0 Å². The number of nitrogens with zero attached hydrogens (tertiary/aromatic N) is 4. The Morgan fingerprint density at radius 2 is 1.66 bits per heavy atom. The zero-order chi connectivity index (χ0) is 28.3. The minimum absolute atomic E-state index is 0.0804. The fourth-order valence-corrected chi connectivity index (χ4v) is 4.68. The molecule has 0 saturated carbocycles. The quantitative estimate of drug-likeness (QED) is 0.257. The number of rotatable bonds is 7. The van der Waals surface area contributed by atoms with Crippen molar-refractivity contribution in [2.75, 3.05) is 10.6 Å². The van der Waals surface area contributed by atoms with E-state index < -0.39 is 0 Å². The summed E-state index contributed by atoms with van der Waals surface area (Å²) in [6, 6.07) is 24.8. The van der Waals surface area contributed by atoms with E-state index in [1.165, 1.54) is 4.90 Å². The predicted molar refractivity (Wildman–Crippen MR) is 155 cm³/mol. The van der Waals surface area contributed by atoms with Gasteiger partial charge in [0.2, 0.25) is 5.95 Å². The van der Waals surface area contributed by atoms with Crippen molar-refractivity contribution in [1.29, 1.82) is 0 Å². The van der Waals surface area contributed by atoms with Crippen molar-refractivity contribution in [3.8, 4) is 11.3 Å². The summed E-state index contributed by atoms with van der Waals surface area (Å²) in [4.78, 5) is 52.8. The first-order chi connectivity index (χ1) is 20.0. The van der Waals surface area contributed by atoms with Crippen molar-refractivity contribution >= 4 is 35.0 Å². The molecule has 0 unspecified atom stereocenters. The molecule has 3 amide bonds. The number of aromatic nitrogens is 3. The van der Waals surface area contributed by atoms with Gasteiger partial charge in [0, 0.05) is 41.1 Å². The third-order valence-corrected chi connectivity index (χ3v) is 6.75. The molecule has 1 aliphatic heterocycles. The number of imide groups is 1. The molecule has 2 N–H and O–H groups in total. The average molecular weight is 541 g/mol. The predicted octanol–water partition coefficient (Wildman–Crippen LogP) is 5.64. The summed E-state index contributed by atoms with van der Waals surface area (Å²) in [6.45, 7) is 2.00. The number of anilines is 3. The molecule has 3 heterocycles. The number of aryl methyl sites for hydroxylation is 1. The molecule has 0 radical (unpaired) electrons. The Morgan fingerprint density at radius 3 is 2.39 bits per heavy atom. The second kappa shape index (κ2) is 10.8. The summed E-state index contributed by atoms with van der Waals surface area (Å²) < 4.78 is 0. The lowest BCUT2D eigenvalue weighted by Crippen LogP contribution is -2.29. The summed E-state index contributed by atoms with van der Waals surface area (Å²) in [5.41, 5.74) is 5.83. The van der Waals surface area contributed by atoms with Gasteiger partial charge in [-0.3, -0.25) is 24.3 Å². The fourth-order valence-electron chi connectivity index (χ4n) is 4.68. The van der Waals surface area contributed by atoms with E-state index in [1.54, 1.807) is 73.2 Å². The molecule has 0 saturated heterocycles. The van der Waals surface area contributed by atoms with Crippen LogP contribution in [0.1, 0.15) is 42.2 Å². The van der Waals surface area contributed by atoms with Crippen LogP contribution >= 0.6 is 0 Å². The van der Waals surface area contributed by atoms with Gasteiger partial charge < -0.3 is 10.6 Å². The van der Waals surface area contributed by atoms with E-state index >= 15 is 0 Å². The van der Waals surface area contributed by atoms with Crippen molar-refractivity contribution in [3.63, 3.8) is 0 Å². The van der Waals surface area contributed by atoms with Gasteiger partial charge in [0.25, 0.3) is 17.7 Å². The molecule has 5 aromatic rings. The molecule has 9 nitrogen and oxygen atoms in total. The van der Waals surface area contributed by atoms with E-state index in [0.717, 1.165) is 22.5 Å².